The number of carbonyl (C=O) groups excluding carboxylic acids is 1. The van der Waals surface area contributed by atoms with Gasteiger partial charge >= 0.3 is 0 Å². The summed E-state index contributed by atoms with van der Waals surface area (Å²) in [7, 11) is 0. The number of fused-ring (bicyclic) bond motifs is 6. The van der Waals surface area contributed by atoms with Crippen molar-refractivity contribution in [1.29, 1.82) is 0 Å². The molecule has 3 aliphatic rings. The van der Waals surface area contributed by atoms with Gasteiger partial charge in [-0.25, -0.2) is 14.3 Å². The molecule has 6 heterocycles. The van der Waals surface area contributed by atoms with Crippen molar-refractivity contribution in [3.8, 4) is 11.4 Å². The van der Waals surface area contributed by atoms with Crippen LogP contribution in [-0.4, -0.2) is 67.5 Å². The number of nitrogens with zero attached hydrogens (tertiary/aromatic N) is 7. The third kappa shape index (κ3) is 4.87. The molecule has 2 bridgehead atoms. The summed E-state index contributed by atoms with van der Waals surface area (Å²) in [6.07, 6.45) is 11.8. The molecule has 2 aromatic carbocycles. The van der Waals surface area contributed by atoms with Crippen LogP contribution in [-0.2, 0) is 11.3 Å². The van der Waals surface area contributed by atoms with Gasteiger partial charge in [-0.15, -0.1) is 0 Å². The Bertz CT molecular complexity index is 2010. The summed E-state index contributed by atoms with van der Waals surface area (Å²) in [5.74, 6) is 0.983. The Balaban J connectivity index is 1.16. The van der Waals surface area contributed by atoms with Gasteiger partial charge in [0.25, 0.3) is 11.5 Å². The molecule has 1 saturated heterocycles. The van der Waals surface area contributed by atoms with Crippen LogP contribution in [0, 0.1) is 0 Å². The van der Waals surface area contributed by atoms with Gasteiger partial charge in [0, 0.05) is 54.7 Å². The molecule has 0 radical (unpaired) electrons. The minimum atomic E-state index is -0.173. The lowest BCUT2D eigenvalue weighted by molar-refractivity contribution is -0.121. The smallest absolute Gasteiger partial charge is 0.278 e. The number of nitrogens with one attached hydrogen (secondary N) is 1. The molecule has 8 rings (SSSR count). The molecule has 3 aromatic heterocycles. The van der Waals surface area contributed by atoms with Crippen LogP contribution in [0.1, 0.15) is 38.6 Å². The maximum Gasteiger partial charge on any atom is 0.278 e. The highest BCUT2D eigenvalue weighted by Crippen LogP contribution is 2.35. The Labute approximate surface area is 260 Å². The van der Waals surface area contributed by atoms with Crippen molar-refractivity contribution in [3.05, 3.63) is 77.4 Å². The second kappa shape index (κ2) is 11.2. The molecule has 0 aliphatic carbocycles. The van der Waals surface area contributed by atoms with Crippen molar-refractivity contribution in [2.75, 3.05) is 43.0 Å². The number of hydrogen-bond donors (Lipinski definition) is 1. The van der Waals surface area contributed by atoms with E-state index in [1.807, 2.05) is 29.0 Å². The molecule has 11 nitrogen and oxygen atoms in total. The first kappa shape index (κ1) is 27.6. The van der Waals surface area contributed by atoms with Gasteiger partial charge in [0.15, 0.2) is 12.3 Å². The van der Waals surface area contributed by atoms with Crippen molar-refractivity contribution in [2.45, 2.75) is 45.2 Å². The molecule has 0 unspecified atom stereocenters. The van der Waals surface area contributed by atoms with Crippen LogP contribution >= 0.6 is 0 Å². The Morgan fingerprint density at radius 3 is 2.78 bits per heavy atom. The molecule has 11 heteroatoms. The lowest BCUT2D eigenvalue weighted by Gasteiger charge is -2.32. The number of likely N-dealkylation sites (tertiary alicyclic amines) is 1. The van der Waals surface area contributed by atoms with Crippen LogP contribution in [0.4, 0.5) is 17.3 Å². The maximum atomic E-state index is 13.6. The average molecular weight is 605 g/mol. The Morgan fingerprint density at radius 2 is 1.91 bits per heavy atom. The van der Waals surface area contributed by atoms with Crippen LogP contribution in [0.25, 0.3) is 27.6 Å². The third-order valence-electron chi connectivity index (χ3n) is 9.38. The van der Waals surface area contributed by atoms with E-state index >= 15 is 0 Å². The van der Waals surface area contributed by atoms with E-state index in [-0.39, 0.29) is 18.1 Å². The molecule has 230 valence electrons. The van der Waals surface area contributed by atoms with E-state index in [1.165, 1.54) is 5.52 Å². The zero-order valence-corrected chi connectivity index (χ0v) is 25.4. The Kier molecular flexibility index (Phi) is 6.89. The van der Waals surface area contributed by atoms with Crippen LogP contribution in [0.3, 0.4) is 0 Å². The van der Waals surface area contributed by atoms with E-state index in [2.05, 4.69) is 63.2 Å². The first-order valence-electron chi connectivity index (χ1n) is 15.9. The first-order valence-corrected chi connectivity index (χ1v) is 15.9. The van der Waals surface area contributed by atoms with Gasteiger partial charge in [0.1, 0.15) is 11.1 Å². The summed E-state index contributed by atoms with van der Waals surface area (Å²) < 4.78 is 11.6. The molecule has 45 heavy (non-hydrogen) atoms. The van der Waals surface area contributed by atoms with Gasteiger partial charge in [0.2, 0.25) is 5.95 Å². The van der Waals surface area contributed by atoms with E-state index in [1.54, 1.807) is 15.8 Å². The van der Waals surface area contributed by atoms with Gasteiger partial charge in [-0.1, -0.05) is 19.1 Å². The molecule has 1 fully saturated rings. The zero-order chi connectivity index (χ0) is 30.5. The molecule has 3 aliphatic heterocycles. The molecule has 0 saturated carbocycles. The number of carbonyl (C=O) groups is 1. The highest BCUT2D eigenvalue weighted by atomic mass is 16.5. The molecular formula is C34H36N8O3. The first-order chi connectivity index (χ1) is 22.1. The predicted octanol–water partition coefficient (Wildman–Crippen LogP) is 5.01. The number of amides is 1. The van der Waals surface area contributed by atoms with Gasteiger partial charge < -0.3 is 24.4 Å². The van der Waals surface area contributed by atoms with Crippen molar-refractivity contribution in [1.82, 2.24) is 28.8 Å². The second-order valence-corrected chi connectivity index (χ2v) is 12.0. The number of rotatable bonds is 4. The number of anilines is 3. The molecule has 0 atom stereocenters. The lowest BCUT2D eigenvalue weighted by Crippen LogP contribution is -2.39. The van der Waals surface area contributed by atoms with Gasteiger partial charge in [-0.05, 0) is 74.7 Å². The van der Waals surface area contributed by atoms with Crippen LogP contribution in [0.15, 0.2) is 71.8 Å². The molecule has 5 aromatic rings. The normalized spacial score (nSPS) is 18.3. The minimum absolute atomic E-state index is 0.0242. The number of allylic oxidation sites excluding steroid dienone is 2. The fourth-order valence-corrected chi connectivity index (χ4v) is 6.95. The quantitative estimate of drug-likeness (QED) is 0.288. The number of hydrogen-bond acceptors (Lipinski definition) is 7. The van der Waals surface area contributed by atoms with Crippen LogP contribution in [0.5, 0.6) is 5.75 Å². The molecule has 1 N–H and O–H groups in total. The van der Waals surface area contributed by atoms with Crippen molar-refractivity contribution < 1.29 is 9.53 Å². The van der Waals surface area contributed by atoms with Crippen LogP contribution in [0.2, 0.25) is 0 Å². The summed E-state index contributed by atoms with van der Waals surface area (Å²) in [5, 5.41) is 4.95. The summed E-state index contributed by atoms with van der Waals surface area (Å²) in [4.78, 5) is 40.1. The Morgan fingerprint density at radius 1 is 1.02 bits per heavy atom. The fraction of sp³-hybridized carbons (Fsp3) is 0.353. The average Bonchev–Trinajstić information content (AvgIpc) is 3.60. The highest BCUT2D eigenvalue weighted by molar-refractivity contribution is 5.98. The fourth-order valence-electron chi connectivity index (χ4n) is 6.95. The SMILES string of the molecule is CCN1CCC(n2ccc3cc(Nc4ncc5c(=O)n6n(c5n4)-c4ccc5c(c4)N(CCC/C=C\C6)C(=O)CO5)ccc32)CC1. The summed E-state index contributed by atoms with van der Waals surface area (Å²) >= 11 is 0. The van der Waals surface area contributed by atoms with E-state index in [9.17, 15) is 9.59 Å². The van der Waals surface area contributed by atoms with Crippen molar-refractivity contribution in [2.24, 2.45) is 0 Å². The van der Waals surface area contributed by atoms with Crippen LogP contribution < -0.4 is 20.5 Å². The topological polar surface area (TPSA) is 102 Å². The molecule has 0 spiro atoms. The van der Waals surface area contributed by atoms with E-state index in [0.29, 0.717) is 47.5 Å². The van der Waals surface area contributed by atoms with Crippen molar-refractivity contribution in [3.63, 3.8) is 0 Å². The summed E-state index contributed by atoms with van der Waals surface area (Å²) in [5.41, 5.74) is 3.84. The molecular weight excluding hydrogens is 568 g/mol. The molecule has 1 amide bonds. The predicted molar refractivity (Wildman–Crippen MR) is 175 cm³/mol. The third-order valence-corrected chi connectivity index (χ3v) is 9.38. The minimum Gasteiger partial charge on any atom is -0.482 e. The standard InChI is InChI=1S/C34H36N8O3/c1-2-38-16-12-25(13-17-38)39-18-11-23-19-24(7-9-28(23)39)36-34-35-21-27-32(37-34)42-26-8-10-30-29(20-26)40(31(43)22-45-30)14-5-3-4-6-15-41(42)33(27)44/h4,6-11,18-21,25H,2-3,5,12-17,22H2,1H3,(H,35,36,37)/b6-4-. The number of piperidine rings is 1. The number of ether oxygens (including phenoxy) is 1. The van der Waals surface area contributed by atoms with Gasteiger partial charge in [-0.2, -0.15) is 4.98 Å². The zero-order valence-electron chi connectivity index (χ0n) is 25.4. The van der Waals surface area contributed by atoms with E-state index in [4.69, 9.17) is 9.72 Å². The highest BCUT2D eigenvalue weighted by Gasteiger charge is 2.27. The number of benzene rings is 2. The summed E-state index contributed by atoms with van der Waals surface area (Å²) in [6, 6.07) is 14.7. The van der Waals surface area contributed by atoms with E-state index < -0.39 is 0 Å². The van der Waals surface area contributed by atoms with Crippen molar-refractivity contribution >= 4 is 45.2 Å². The van der Waals surface area contributed by atoms with Gasteiger partial charge in [-0.3, -0.25) is 9.59 Å². The van der Waals surface area contributed by atoms with Gasteiger partial charge in [0.05, 0.1) is 17.9 Å². The summed E-state index contributed by atoms with van der Waals surface area (Å²) in [6.45, 7) is 6.63. The number of aromatic nitrogens is 5. The lowest BCUT2D eigenvalue weighted by atomic mass is 10.0. The second-order valence-electron chi connectivity index (χ2n) is 12.0. The van der Waals surface area contributed by atoms with E-state index in [0.717, 1.165) is 62.1 Å². The monoisotopic (exact) mass is 604 g/mol. The largest absolute Gasteiger partial charge is 0.482 e. The Hall–Kier alpha value is -4.90. The maximum absolute atomic E-state index is 13.6.